The molecule has 0 saturated carbocycles. The molecule has 1 aromatic carbocycles. The standard InChI is InChI=1S/C14H17N3O/c1-10-5-6-12(17-13(18)7-9-15-2)11-4-3-8-16-14(10)11/h3-6,8,15H,7,9H2,1-2H3,(H,17,18). The molecule has 1 amide bonds. The Morgan fingerprint density at radius 1 is 1.33 bits per heavy atom. The number of aryl methyl sites for hydroxylation is 1. The van der Waals surface area contributed by atoms with Crippen LogP contribution in [0.2, 0.25) is 0 Å². The molecule has 0 radical (unpaired) electrons. The van der Waals surface area contributed by atoms with Crippen molar-refractivity contribution in [2.45, 2.75) is 13.3 Å². The molecule has 0 saturated heterocycles. The molecule has 1 heterocycles. The molecule has 0 bridgehead atoms. The predicted molar refractivity (Wildman–Crippen MR) is 73.7 cm³/mol. The number of aromatic nitrogens is 1. The summed E-state index contributed by atoms with van der Waals surface area (Å²) in [5.41, 5.74) is 2.87. The minimum absolute atomic E-state index is 0.0124. The first kappa shape index (κ1) is 12.5. The zero-order valence-corrected chi connectivity index (χ0v) is 10.7. The van der Waals surface area contributed by atoms with Crippen LogP contribution < -0.4 is 10.6 Å². The molecule has 0 spiro atoms. The summed E-state index contributed by atoms with van der Waals surface area (Å²) in [5.74, 6) is 0.0124. The first-order chi connectivity index (χ1) is 8.72. The smallest absolute Gasteiger partial charge is 0.225 e. The molecular weight excluding hydrogens is 226 g/mol. The molecule has 0 aliphatic carbocycles. The Morgan fingerprint density at radius 3 is 2.94 bits per heavy atom. The van der Waals surface area contributed by atoms with Crippen LogP contribution in [0.5, 0.6) is 0 Å². The Kier molecular flexibility index (Phi) is 3.89. The van der Waals surface area contributed by atoms with E-state index in [1.165, 1.54) is 0 Å². The predicted octanol–water partition coefficient (Wildman–Crippen LogP) is 2.09. The first-order valence-electron chi connectivity index (χ1n) is 6.01. The van der Waals surface area contributed by atoms with Gasteiger partial charge in [-0.25, -0.2) is 0 Å². The van der Waals surface area contributed by atoms with Gasteiger partial charge in [0.05, 0.1) is 11.2 Å². The van der Waals surface area contributed by atoms with Gasteiger partial charge in [0.2, 0.25) is 5.91 Å². The number of carbonyl (C=O) groups is 1. The average Bonchev–Trinajstić information content (AvgIpc) is 2.40. The molecule has 4 heteroatoms. The topological polar surface area (TPSA) is 54.0 Å². The van der Waals surface area contributed by atoms with E-state index in [1.54, 1.807) is 6.20 Å². The third kappa shape index (κ3) is 2.65. The minimum Gasteiger partial charge on any atom is -0.325 e. The Hall–Kier alpha value is -1.94. The lowest BCUT2D eigenvalue weighted by Crippen LogP contribution is -2.18. The van der Waals surface area contributed by atoms with Crippen molar-refractivity contribution in [3.05, 3.63) is 36.0 Å². The molecule has 0 aliphatic heterocycles. The molecule has 0 atom stereocenters. The van der Waals surface area contributed by atoms with E-state index in [0.29, 0.717) is 13.0 Å². The van der Waals surface area contributed by atoms with Crippen LogP contribution >= 0.6 is 0 Å². The quantitative estimate of drug-likeness (QED) is 0.864. The van der Waals surface area contributed by atoms with Gasteiger partial charge in [0.1, 0.15) is 0 Å². The number of fused-ring (bicyclic) bond motifs is 1. The highest BCUT2D eigenvalue weighted by Crippen LogP contribution is 2.24. The summed E-state index contributed by atoms with van der Waals surface area (Å²) in [5, 5.41) is 6.87. The lowest BCUT2D eigenvalue weighted by atomic mass is 10.1. The monoisotopic (exact) mass is 243 g/mol. The van der Waals surface area contributed by atoms with Crippen LogP contribution in [0, 0.1) is 6.92 Å². The Morgan fingerprint density at radius 2 is 2.17 bits per heavy atom. The highest BCUT2D eigenvalue weighted by molar-refractivity contribution is 6.01. The van der Waals surface area contributed by atoms with Crippen LogP contribution in [0.1, 0.15) is 12.0 Å². The third-order valence-electron chi connectivity index (χ3n) is 2.85. The van der Waals surface area contributed by atoms with E-state index in [9.17, 15) is 4.79 Å². The minimum atomic E-state index is 0.0124. The summed E-state index contributed by atoms with van der Waals surface area (Å²) >= 11 is 0. The molecule has 2 rings (SSSR count). The normalized spacial score (nSPS) is 10.6. The van der Waals surface area contributed by atoms with E-state index >= 15 is 0 Å². The lowest BCUT2D eigenvalue weighted by molar-refractivity contribution is -0.116. The zero-order chi connectivity index (χ0) is 13.0. The van der Waals surface area contributed by atoms with Crippen molar-refractivity contribution in [3.63, 3.8) is 0 Å². The van der Waals surface area contributed by atoms with E-state index in [0.717, 1.165) is 22.2 Å². The molecule has 4 nitrogen and oxygen atoms in total. The van der Waals surface area contributed by atoms with Crippen molar-refractivity contribution in [1.29, 1.82) is 0 Å². The fourth-order valence-corrected chi connectivity index (χ4v) is 1.87. The number of pyridine rings is 1. The van der Waals surface area contributed by atoms with Crippen molar-refractivity contribution in [2.75, 3.05) is 18.9 Å². The molecule has 0 aliphatic rings. The summed E-state index contributed by atoms with van der Waals surface area (Å²) in [6, 6.07) is 7.76. The molecule has 0 unspecified atom stereocenters. The van der Waals surface area contributed by atoms with Gasteiger partial charge in [0, 0.05) is 24.5 Å². The summed E-state index contributed by atoms with van der Waals surface area (Å²) < 4.78 is 0. The van der Waals surface area contributed by atoms with E-state index in [4.69, 9.17) is 0 Å². The van der Waals surface area contributed by atoms with Gasteiger partial charge in [-0.05, 0) is 37.7 Å². The third-order valence-corrected chi connectivity index (χ3v) is 2.85. The number of nitrogens with one attached hydrogen (secondary N) is 2. The van der Waals surface area contributed by atoms with E-state index in [2.05, 4.69) is 15.6 Å². The van der Waals surface area contributed by atoms with Gasteiger partial charge in [-0.3, -0.25) is 9.78 Å². The maximum absolute atomic E-state index is 11.7. The van der Waals surface area contributed by atoms with Crippen molar-refractivity contribution >= 4 is 22.5 Å². The van der Waals surface area contributed by atoms with Gasteiger partial charge in [-0.15, -0.1) is 0 Å². The fourth-order valence-electron chi connectivity index (χ4n) is 1.87. The fraction of sp³-hybridized carbons (Fsp3) is 0.286. The molecule has 18 heavy (non-hydrogen) atoms. The van der Waals surface area contributed by atoms with Gasteiger partial charge in [-0.1, -0.05) is 6.07 Å². The Labute approximate surface area is 106 Å². The SMILES string of the molecule is CNCCC(=O)Nc1ccc(C)c2ncccc12. The number of benzene rings is 1. The Balaban J connectivity index is 2.29. The van der Waals surface area contributed by atoms with Gasteiger partial charge >= 0.3 is 0 Å². The number of amides is 1. The molecule has 0 fully saturated rings. The van der Waals surface area contributed by atoms with Gasteiger partial charge in [0.15, 0.2) is 0 Å². The van der Waals surface area contributed by atoms with Gasteiger partial charge in [-0.2, -0.15) is 0 Å². The van der Waals surface area contributed by atoms with Crippen molar-refractivity contribution < 1.29 is 4.79 Å². The van der Waals surface area contributed by atoms with Crippen LogP contribution in [-0.2, 0) is 4.79 Å². The maximum Gasteiger partial charge on any atom is 0.225 e. The van der Waals surface area contributed by atoms with Crippen LogP contribution in [-0.4, -0.2) is 24.5 Å². The van der Waals surface area contributed by atoms with Crippen molar-refractivity contribution in [3.8, 4) is 0 Å². The van der Waals surface area contributed by atoms with E-state index < -0.39 is 0 Å². The zero-order valence-electron chi connectivity index (χ0n) is 10.7. The average molecular weight is 243 g/mol. The second-order valence-corrected chi connectivity index (χ2v) is 4.23. The van der Waals surface area contributed by atoms with Gasteiger partial charge < -0.3 is 10.6 Å². The van der Waals surface area contributed by atoms with E-state index in [-0.39, 0.29) is 5.91 Å². The number of carbonyl (C=O) groups excluding carboxylic acids is 1. The van der Waals surface area contributed by atoms with Crippen LogP contribution in [0.4, 0.5) is 5.69 Å². The maximum atomic E-state index is 11.7. The van der Waals surface area contributed by atoms with Crippen molar-refractivity contribution in [1.82, 2.24) is 10.3 Å². The van der Waals surface area contributed by atoms with Crippen molar-refractivity contribution in [2.24, 2.45) is 0 Å². The first-order valence-corrected chi connectivity index (χ1v) is 6.01. The molecule has 2 N–H and O–H groups in total. The largest absolute Gasteiger partial charge is 0.325 e. The highest BCUT2D eigenvalue weighted by Gasteiger charge is 2.07. The summed E-state index contributed by atoms with van der Waals surface area (Å²) in [6.45, 7) is 2.69. The number of anilines is 1. The van der Waals surface area contributed by atoms with E-state index in [1.807, 2.05) is 38.2 Å². The van der Waals surface area contributed by atoms with Crippen LogP contribution in [0.15, 0.2) is 30.5 Å². The summed E-state index contributed by atoms with van der Waals surface area (Å²) in [6.07, 6.45) is 2.23. The lowest BCUT2D eigenvalue weighted by Gasteiger charge is -2.09. The molecule has 2 aromatic rings. The second-order valence-electron chi connectivity index (χ2n) is 4.23. The molecular formula is C14H17N3O. The van der Waals surface area contributed by atoms with Gasteiger partial charge in [0.25, 0.3) is 0 Å². The summed E-state index contributed by atoms with van der Waals surface area (Å²) in [4.78, 5) is 16.1. The Bertz CT molecular complexity index is 566. The van der Waals surface area contributed by atoms with Crippen LogP contribution in [0.25, 0.3) is 10.9 Å². The highest BCUT2D eigenvalue weighted by atomic mass is 16.1. The number of rotatable bonds is 4. The van der Waals surface area contributed by atoms with Crippen LogP contribution in [0.3, 0.4) is 0 Å². The number of hydrogen-bond acceptors (Lipinski definition) is 3. The number of nitrogens with zero attached hydrogens (tertiary/aromatic N) is 1. The molecule has 1 aromatic heterocycles. The second kappa shape index (κ2) is 5.60. The summed E-state index contributed by atoms with van der Waals surface area (Å²) in [7, 11) is 1.83. The molecule has 94 valence electrons. The number of hydrogen-bond donors (Lipinski definition) is 2.